The third-order valence-electron chi connectivity index (χ3n) is 2.43. The first-order chi connectivity index (χ1) is 7.57. The monoisotopic (exact) mass is 237 g/mol. The summed E-state index contributed by atoms with van der Waals surface area (Å²) in [6, 6.07) is 7.32. The van der Waals surface area contributed by atoms with Crippen LogP contribution < -0.4 is 8.37 Å². The quantitative estimate of drug-likeness (QED) is 0.695. The molecule has 0 bridgehead atoms. The number of aromatic nitrogens is 1. The molecule has 0 aliphatic carbocycles. The molecule has 1 aromatic carbocycles. The topological polar surface area (TPSA) is 65.5 Å². The first-order valence-electron chi connectivity index (χ1n) is 4.60. The van der Waals surface area contributed by atoms with Gasteiger partial charge >= 0.3 is 10.4 Å². The highest BCUT2D eigenvalue weighted by atomic mass is 32.3. The number of aryl methyl sites for hydroxylation is 1. The summed E-state index contributed by atoms with van der Waals surface area (Å²) in [7, 11) is -3.97. The van der Waals surface area contributed by atoms with Gasteiger partial charge in [0.2, 0.25) is 5.75 Å². The molecule has 0 saturated heterocycles. The van der Waals surface area contributed by atoms with Crippen molar-refractivity contribution in [2.24, 2.45) is 0 Å². The van der Waals surface area contributed by atoms with Crippen LogP contribution in [0.4, 0.5) is 0 Å². The Morgan fingerprint density at radius 1 is 1.19 bits per heavy atom. The number of hydrogen-bond acceptors (Lipinski definition) is 5. The molecule has 16 heavy (non-hydrogen) atoms. The van der Waals surface area contributed by atoms with Crippen LogP contribution in [0, 0.1) is 6.92 Å². The maximum atomic E-state index is 11.1. The lowest BCUT2D eigenvalue weighted by Gasteiger charge is -2.02. The van der Waals surface area contributed by atoms with Crippen LogP contribution >= 0.6 is 0 Å². The van der Waals surface area contributed by atoms with Crippen LogP contribution in [0.15, 0.2) is 24.3 Å². The van der Waals surface area contributed by atoms with E-state index in [1.165, 1.54) is 0 Å². The molecule has 0 spiro atoms. The van der Waals surface area contributed by atoms with Gasteiger partial charge in [-0.05, 0) is 13.0 Å². The van der Waals surface area contributed by atoms with Crippen molar-refractivity contribution in [2.75, 3.05) is 0 Å². The van der Waals surface area contributed by atoms with Crippen molar-refractivity contribution >= 4 is 21.3 Å². The Bertz CT molecular complexity index is 693. The second-order valence-electron chi connectivity index (χ2n) is 3.46. The van der Waals surface area contributed by atoms with Crippen molar-refractivity contribution in [1.82, 2.24) is 4.98 Å². The maximum Gasteiger partial charge on any atom is 0.502 e. The van der Waals surface area contributed by atoms with Crippen molar-refractivity contribution in [2.45, 2.75) is 6.92 Å². The predicted molar refractivity (Wildman–Crippen MR) is 56.7 cm³/mol. The number of hydrogen-bond donors (Lipinski definition) is 0. The van der Waals surface area contributed by atoms with Crippen LogP contribution in [0.25, 0.3) is 10.9 Å². The van der Waals surface area contributed by atoms with E-state index in [1.807, 2.05) is 18.2 Å². The lowest BCUT2D eigenvalue weighted by molar-refractivity contribution is 0.433. The van der Waals surface area contributed by atoms with E-state index in [0.29, 0.717) is 11.1 Å². The number of para-hydroxylation sites is 1. The largest absolute Gasteiger partial charge is 0.502 e. The van der Waals surface area contributed by atoms with E-state index in [4.69, 9.17) is 4.18 Å². The van der Waals surface area contributed by atoms with Gasteiger partial charge in [-0.3, -0.25) is 0 Å². The summed E-state index contributed by atoms with van der Waals surface area (Å²) in [4.78, 5) is 4.09. The highest BCUT2D eigenvalue weighted by Gasteiger charge is 2.32. The summed E-state index contributed by atoms with van der Waals surface area (Å²) in [5.74, 6) is 0.190. The minimum absolute atomic E-state index is 0.0104. The molecule has 0 saturated carbocycles. The van der Waals surface area contributed by atoms with Crippen molar-refractivity contribution in [1.29, 1.82) is 0 Å². The van der Waals surface area contributed by atoms with Crippen molar-refractivity contribution in [3.8, 4) is 11.6 Å². The first-order valence-corrected chi connectivity index (χ1v) is 5.93. The molecule has 5 nitrogen and oxygen atoms in total. The van der Waals surface area contributed by atoms with Crippen LogP contribution in [0.3, 0.4) is 0 Å². The maximum absolute atomic E-state index is 11.1. The molecule has 6 heteroatoms. The molecule has 2 aromatic rings. The van der Waals surface area contributed by atoms with Gasteiger partial charge in [0.1, 0.15) is 0 Å². The molecular weight excluding hydrogens is 230 g/mol. The standard InChI is InChI=1S/C10H7NO4S/c1-6-7-4-2-3-5-8(7)11-10-9(6)14-16(12,13)15-10/h2-5H,1H3. The minimum atomic E-state index is -3.97. The zero-order valence-corrected chi connectivity index (χ0v) is 9.11. The van der Waals surface area contributed by atoms with E-state index in [9.17, 15) is 8.42 Å². The highest BCUT2D eigenvalue weighted by Crippen LogP contribution is 2.39. The van der Waals surface area contributed by atoms with E-state index in [1.54, 1.807) is 13.0 Å². The van der Waals surface area contributed by atoms with Gasteiger partial charge in [-0.1, -0.05) is 18.2 Å². The summed E-state index contributed by atoms with van der Waals surface area (Å²) < 4.78 is 31.6. The molecule has 0 fully saturated rings. The molecule has 2 heterocycles. The Morgan fingerprint density at radius 3 is 2.75 bits per heavy atom. The molecule has 1 aliphatic heterocycles. The lowest BCUT2D eigenvalue weighted by atomic mass is 10.1. The molecule has 0 radical (unpaired) electrons. The van der Waals surface area contributed by atoms with Crippen LogP contribution in [0.5, 0.6) is 11.6 Å². The molecule has 0 amide bonds. The Balaban J connectivity index is 2.40. The highest BCUT2D eigenvalue weighted by molar-refractivity contribution is 7.82. The molecule has 0 unspecified atom stereocenters. The number of pyridine rings is 1. The zero-order valence-electron chi connectivity index (χ0n) is 8.30. The number of benzene rings is 1. The SMILES string of the molecule is Cc1c2c(nc3ccccc13)OS(=O)(=O)O2. The molecular formula is C10H7NO4S. The molecule has 1 aliphatic rings. The molecule has 82 valence electrons. The van der Waals surface area contributed by atoms with Crippen LogP contribution in [0.1, 0.15) is 5.56 Å². The lowest BCUT2D eigenvalue weighted by Crippen LogP contribution is -2.08. The number of nitrogens with zero attached hydrogens (tertiary/aromatic N) is 1. The first kappa shape index (κ1) is 9.41. The summed E-state index contributed by atoms with van der Waals surface area (Å²) >= 11 is 0. The average Bonchev–Trinajstić information content (AvgIpc) is 2.53. The average molecular weight is 237 g/mol. The van der Waals surface area contributed by atoms with Gasteiger partial charge in [0.15, 0.2) is 0 Å². The third-order valence-corrected chi connectivity index (χ3v) is 3.16. The summed E-state index contributed by atoms with van der Waals surface area (Å²) in [6.07, 6.45) is 0. The number of fused-ring (bicyclic) bond motifs is 2. The van der Waals surface area contributed by atoms with E-state index in [0.717, 1.165) is 5.39 Å². The zero-order chi connectivity index (χ0) is 11.3. The third kappa shape index (κ3) is 1.23. The molecule has 3 rings (SSSR count). The fraction of sp³-hybridized carbons (Fsp3) is 0.100. The molecule has 1 aromatic heterocycles. The van der Waals surface area contributed by atoms with E-state index < -0.39 is 10.4 Å². The Kier molecular flexibility index (Phi) is 1.68. The van der Waals surface area contributed by atoms with E-state index >= 15 is 0 Å². The van der Waals surface area contributed by atoms with Crippen molar-refractivity contribution in [3.63, 3.8) is 0 Å². The Labute approximate surface area is 92.0 Å². The van der Waals surface area contributed by atoms with Crippen LogP contribution in [-0.2, 0) is 10.4 Å². The van der Waals surface area contributed by atoms with Gasteiger partial charge in [0.05, 0.1) is 5.52 Å². The Hall–Kier alpha value is -1.82. The number of rotatable bonds is 0. The van der Waals surface area contributed by atoms with Crippen molar-refractivity contribution < 1.29 is 16.8 Å². The predicted octanol–water partition coefficient (Wildman–Crippen LogP) is 1.56. The minimum Gasteiger partial charge on any atom is -0.347 e. The normalized spacial score (nSPS) is 16.6. The second-order valence-corrected chi connectivity index (χ2v) is 4.61. The van der Waals surface area contributed by atoms with E-state index in [-0.39, 0.29) is 11.6 Å². The second kappa shape index (κ2) is 2.85. The van der Waals surface area contributed by atoms with Crippen LogP contribution in [-0.4, -0.2) is 13.4 Å². The van der Waals surface area contributed by atoms with E-state index in [2.05, 4.69) is 9.17 Å². The van der Waals surface area contributed by atoms with Gasteiger partial charge in [0.25, 0.3) is 5.88 Å². The molecule has 0 N–H and O–H groups in total. The van der Waals surface area contributed by atoms with Gasteiger partial charge in [-0.15, -0.1) is 8.42 Å². The van der Waals surface area contributed by atoms with Gasteiger partial charge < -0.3 is 8.37 Å². The fourth-order valence-electron chi connectivity index (χ4n) is 1.70. The summed E-state index contributed by atoms with van der Waals surface area (Å²) in [6.45, 7) is 1.77. The summed E-state index contributed by atoms with van der Waals surface area (Å²) in [5.41, 5.74) is 1.39. The molecule has 0 atom stereocenters. The van der Waals surface area contributed by atoms with Gasteiger partial charge in [0, 0.05) is 10.9 Å². The van der Waals surface area contributed by atoms with Gasteiger partial charge in [-0.2, -0.15) is 0 Å². The summed E-state index contributed by atoms with van der Waals surface area (Å²) in [5, 5.41) is 0.849. The fourth-order valence-corrected chi connectivity index (χ4v) is 2.44. The van der Waals surface area contributed by atoms with Gasteiger partial charge in [-0.25, -0.2) is 4.98 Å². The Morgan fingerprint density at radius 2 is 1.94 bits per heavy atom. The smallest absolute Gasteiger partial charge is 0.347 e. The van der Waals surface area contributed by atoms with Crippen molar-refractivity contribution in [3.05, 3.63) is 29.8 Å². The van der Waals surface area contributed by atoms with Crippen LogP contribution in [0.2, 0.25) is 0 Å².